The monoisotopic (exact) mass is 620 g/mol. The second kappa shape index (κ2) is 11.0. The van der Waals surface area contributed by atoms with Crippen LogP contribution in [0, 0.1) is 17.6 Å². The molecule has 0 amide bonds. The quantitative estimate of drug-likeness (QED) is 0.303. The Kier molecular flexibility index (Phi) is 8.88. The third kappa shape index (κ3) is 7.34. The minimum atomic E-state index is -4.77. The summed E-state index contributed by atoms with van der Waals surface area (Å²) in [6.45, 7) is -0.505. The summed E-state index contributed by atoms with van der Waals surface area (Å²) in [4.78, 5) is -0.604. The molecule has 0 N–H and O–H groups in total. The van der Waals surface area contributed by atoms with E-state index in [1.165, 1.54) is 0 Å². The minimum Gasteiger partial charge on any atom is -0.270 e. The maximum absolute atomic E-state index is 15.2. The molecule has 218 valence electrons. The zero-order valence-corrected chi connectivity index (χ0v) is 23.1. The first kappa shape index (κ1) is 31.4. The van der Waals surface area contributed by atoms with Gasteiger partial charge in [-0.15, -0.1) is 0 Å². The number of hydrogen-bond acceptors (Lipinski definition) is 8. The predicted octanol–water partition coefficient (Wildman–Crippen LogP) is 4.16. The average molecular weight is 621 g/mol. The van der Waals surface area contributed by atoms with Crippen molar-refractivity contribution in [3.63, 3.8) is 0 Å². The molecule has 1 saturated carbocycles. The summed E-state index contributed by atoms with van der Waals surface area (Å²) in [6.07, 6.45) is -6.05. The van der Waals surface area contributed by atoms with E-state index in [1.807, 2.05) is 0 Å². The molecule has 0 aromatic heterocycles. The summed E-state index contributed by atoms with van der Waals surface area (Å²) in [7, 11) is -12.8. The van der Waals surface area contributed by atoms with Gasteiger partial charge in [0, 0.05) is 5.56 Å². The molecule has 2 aromatic carbocycles. The third-order valence-electron chi connectivity index (χ3n) is 6.46. The van der Waals surface area contributed by atoms with E-state index < -0.39 is 100 Å². The first-order valence-electron chi connectivity index (χ1n) is 11.4. The lowest BCUT2D eigenvalue weighted by atomic mass is 9.74. The number of halogens is 5. The topological polar surface area (TPSA) is 121 Å². The maximum atomic E-state index is 15.2. The lowest BCUT2D eigenvalue weighted by molar-refractivity contribution is -0.137. The predicted molar refractivity (Wildman–Crippen MR) is 129 cm³/mol. The van der Waals surface area contributed by atoms with Crippen LogP contribution in [0.2, 0.25) is 0 Å². The van der Waals surface area contributed by atoms with Crippen LogP contribution in [-0.2, 0) is 49.4 Å². The zero-order chi connectivity index (χ0) is 29.4. The molecule has 3 atom stereocenters. The number of alkyl halides is 3. The molecular formula is C23H25F5O8S3. The van der Waals surface area contributed by atoms with Crippen LogP contribution in [0.25, 0.3) is 0 Å². The first-order chi connectivity index (χ1) is 17.8. The molecule has 0 aliphatic heterocycles. The van der Waals surface area contributed by atoms with Crippen LogP contribution in [0.3, 0.4) is 0 Å². The zero-order valence-electron chi connectivity index (χ0n) is 20.6. The van der Waals surface area contributed by atoms with E-state index in [0.717, 1.165) is 18.6 Å². The normalized spacial score (nSPS) is 23.1. The van der Waals surface area contributed by atoms with Gasteiger partial charge in [-0.25, -0.2) is 17.2 Å². The van der Waals surface area contributed by atoms with E-state index in [9.17, 15) is 42.8 Å². The molecule has 8 nitrogen and oxygen atoms in total. The Balaban J connectivity index is 2.17. The Hall–Kier alpha value is -2.14. The Labute approximate surface area is 223 Å². The van der Waals surface area contributed by atoms with E-state index in [2.05, 4.69) is 0 Å². The maximum Gasteiger partial charge on any atom is 0.416 e. The fourth-order valence-corrected chi connectivity index (χ4v) is 8.10. The van der Waals surface area contributed by atoms with Gasteiger partial charge in [0.15, 0.2) is 9.84 Å². The van der Waals surface area contributed by atoms with Crippen molar-refractivity contribution in [2.45, 2.75) is 47.6 Å². The van der Waals surface area contributed by atoms with E-state index in [0.29, 0.717) is 36.4 Å². The highest BCUT2D eigenvalue weighted by Gasteiger charge is 2.53. The molecular weight excluding hydrogens is 595 g/mol. The highest BCUT2D eigenvalue weighted by Crippen LogP contribution is 2.51. The van der Waals surface area contributed by atoms with Crippen molar-refractivity contribution in [3.05, 3.63) is 65.2 Å². The molecule has 0 unspecified atom stereocenters. The number of sulfone groups is 1. The van der Waals surface area contributed by atoms with Gasteiger partial charge in [0.2, 0.25) is 0 Å². The van der Waals surface area contributed by atoms with Crippen LogP contribution in [0.1, 0.15) is 36.8 Å². The van der Waals surface area contributed by atoms with Gasteiger partial charge in [-0.3, -0.25) is 8.37 Å². The molecule has 1 aliphatic carbocycles. The third-order valence-corrected chi connectivity index (χ3v) is 10.2. The van der Waals surface area contributed by atoms with Gasteiger partial charge in [0.1, 0.15) is 16.4 Å². The number of benzene rings is 2. The van der Waals surface area contributed by atoms with Gasteiger partial charge < -0.3 is 0 Å². The standard InChI is InChI=1S/C23H25F5O8S3/c1-37(29,30)35-12-10-15-14-22(11-9-21(15)36-38(2,31)32,19-13-17(24)5-8-20(19)25)39(33,34)18-6-3-16(4-7-18)23(26,27)28/h3-8,13,15,21H,9-12,14H2,1-2H3/t15-,21-,22-/m1/s1. The summed E-state index contributed by atoms with van der Waals surface area (Å²) < 4.78 is 151. The van der Waals surface area contributed by atoms with Crippen LogP contribution < -0.4 is 0 Å². The molecule has 39 heavy (non-hydrogen) atoms. The Morgan fingerprint density at radius 1 is 0.923 bits per heavy atom. The highest BCUT2D eigenvalue weighted by molar-refractivity contribution is 7.92. The highest BCUT2D eigenvalue weighted by atomic mass is 32.2. The average Bonchev–Trinajstić information content (AvgIpc) is 2.79. The van der Waals surface area contributed by atoms with Crippen molar-refractivity contribution >= 4 is 30.1 Å². The Morgan fingerprint density at radius 3 is 2.08 bits per heavy atom. The molecule has 0 spiro atoms. The molecule has 3 rings (SSSR count). The van der Waals surface area contributed by atoms with Crippen LogP contribution in [-0.4, -0.2) is 50.5 Å². The van der Waals surface area contributed by atoms with Crippen LogP contribution in [0.5, 0.6) is 0 Å². The lowest BCUT2D eigenvalue weighted by Crippen LogP contribution is -2.47. The van der Waals surface area contributed by atoms with Crippen molar-refractivity contribution in [3.8, 4) is 0 Å². The molecule has 0 saturated heterocycles. The molecule has 1 fully saturated rings. The fraction of sp³-hybridized carbons (Fsp3) is 0.478. The lowest BCUT2D eigenvalue weighted by Gasteiger charge is -2.44. The summed E-state index contributed by atoms with van der Waals surface area (Å²) in [5.41, 5.74) is -1.73. The van der Waals surface area contributed by atoms with E-state index >= 15 is 4.39 Å². The molecule has 0 radical (unpaired) electrons. The van der Waals surface area contributed by atoms with Gasteiger partial charge >= 0.3 is 6.18 Å². The summed E-state index contributed by atoms with van der Waals surface area (Å²) in [6, 6.07) is 4.62. The van der Waals surface area contributed by atoms with Crippen LogP contribution >= 0.6 is 0 Å². The number of hydrogen-bond donors (Lipinski definition) is 0. The molecule has 1 aliphatic rings. The van der Waals surface area contributed by atoms with Gasteiger partial charge in [0.05, 0.1) is 35.7 Å². The van der Waals surface area contributed by atoms with Gasteiger partial charge in [-0.1, -0.05) is 0 Å². The van der Waals surface area contributed by atoms with E-state index in [-0.39, 0.29) is 12.8 Å². The van der Waals surface area contributed by atoms with E-state index in [1.54, 1.807) is 0 Å². The van der Waals surface area contributed by atoms with Crippen LogP contribution in [0.4, 0.5) is 22.0 Å². The summed E-state index contributed by atoms with van der Waals surface area (Å²) in [5, 5.41) is 0. The van der Waals surface area contributed by atoms with Gasteiger partial charge in [-0.2, -0.15) is 30.0 Å². The van der Waals surface area contributed by atoms with Crippen molar-refractivity contribution in [1.29, 1.82) is 0 Å². The van der Waals surface area contributed by atoms with Crippen molar-refractivity contribution in [1.82, 2.24) is 0 Å². The summed E-state index contributed by atoms with van der Waals surface area (Å²) in [5.74, 6) is -3.16. The van der Waals surface area contributed by atoms with Gasteiger partial charge in [-0.05, 0) is 74.1 Å². The molecule has 16 heteroatoms. The van der Waals surface area contributed by atoms with Crippen molar-refractivity contribution in [2.24, 2.45) is 5.92 Å². The molecule has 0 heterocycles. The minimum absolute atomic E-state index is 0.255. The first-order valence-corrected chi connectivity index (χ1v) is 16.5. The Bertz CT molecular complexity index is 1520. The molecule has 2 aromatic rings. The Morgan fingerprint density at radius 2 is 1.54 bits per heavy atom. The largest absolute Gasteiger partial charge is 0.416 e. The second-order valence-electron chi connectivity index (χ2n) is 9.30. The number of rotatable bonds is 9. The van der Waals surface area contributed by atoms with Crippen molar-refractivity contribution in [2.75, 3.05) is 19.1 Å². The second-order valence-corrected chi connectivity index (χ2v) is 14.8. The fourth-order valence-electron chi connectivity index (χ4n) is 4.79. The summed E-state index contributed by atoms with van der Waals surface area (Å²) >= 11 is 0. The van der Waals surface area contributed by atoms with Crippen molar-refractivity contribution < 1.29 is 55.6 Å². The molecule has 0 bridgehead atoms. The SMILES string of the molecule is CS(=O)(=O)OCC[C@@H]1C[C@](c2cc(F)ccc2F)(S(=O)(=O)c2ccc(C(F)(F)F)cc2)CC[C@H]1OS(C)(=O)=O. The van der Waals surface area contributed by atoms with Crippen LogP contribution in [0.15, 0.2) is 47.4 Å². The van der Waals surface area contributed by atoms with E-state index in [4.69, 9.17) is 8.37 Å². The van der Waals surface area contributed by atoms with Gasteiger partial charge in [0.25, 0.3) is 20.2 Å². The smallest absolute Gasteiger partial charge is 0.270 e.